The van der Waals surface area contributed by atoms with Crippen molar-refractivity contribution in [3.8, 4) is 11.1 Å². The van der Waals surface area contributed by atoms with Crippen molar-refractivity contribution in [2.45, 2.75) is 89.3 Å². The summed E-state index contributed by atoms with van der Waals surface area (Å²) in [6, 6.07) is 16.6. The van der Waals surface area contributed by atoms with E-state index in [2.05, 4.69) is 49.9 Å². The fourth-order valence-electron chi connectivity index (χ4n) is 7.78. The Kier molecular flexibility index (Phi) is 11.9. The molecular formula is C40H52N8O4. The molecule has 12 heteroatoms. The maximum Gasteiger partial charge on any atom is 0.323 e. The standard InChI is InChI=1S/C40H52N8O4/c1-24-32(17-19-34(42-24)38(50)43-29-12-15-31(16-13-29)48(2)3)28-10-8-25(9-11-28)20-36(45-37(49)21-26-4-6-27(23-41)7-5-26)39(51)44-30-14-18-33-35(22-30)47-40(52)46-33/h8-11,14,17-19,22,26-27,29,31,36H,4-7,12-13,15-16,20-21,23,41H2,1-3H3,(H,43,50)(H,44,51)(H,45,49)(H2,46,47,52). The Labute approximate surface area is 304 Å². The summed E-state index contributed by atoms with van der Waals surface area (Å²) < 4.78 is 0. The summed E-state index contributed by atoms with van der Waals surface area (Å²) in [5.74, 6) is 0.157. The number of amides is 3. The van der Waals surface area contributed by atoms with Crippen molar-refractivity contribution in [1.29, 1.82) is 0 Å². The maximum atomic E-state index is 13.7. The largest absolute Gasteiger partial charge is 0.348 e. The average Bonchev–Trinajstić information content (AvgIpc) is 3.51. The Balaban J connectivity index is 1.11. The van der Waals surface area contributed by atoms with Crippen LogP contribution in [0.3, 0.4) is 0 Å². The van der Waals surface area contributed by atoms with Gasteiger partial charge < -0.3 is 36.6 Å². The molecule has 276 valence electrons. The summed E-state index contributed by atoms with van der Waals surface area (Å²) in [5, 5.41) is 9.13. The lowest BCUT2D eigenvalue weighted by Gasteiger charge is -2.32. The van der Waals surface area contributed by atoms with E-state index in [1.807, 2.05) is 37.3 Å². The number of nitrogens with two attached hydrogens (primary N) is 1. The number of H-pyrrole nitrogens is 2. The normalized spacial score (nSPS) is 21.1. The number of carbonyl (C=O) groups excluding carboxylic acids is 3. The molecule has 2 heterocycles. The number of aryl methyl sites for hydroxylation is 1. The van der Waals surface area contributed by atoms with Crippen LogP contribution < -0.4 is 27.4 Å². The van der Waals surface area contributed by atoms with Crippen LogP contribution in [0, 0.1) is 18.8 Å². The number of imidazole rings is 1. The van der Waals surface area contributed by atoms with E-state index in [9.17, 15) is 19.2 Å². The molecule has 0 aliphatic heterocycles. The summed E-state index contributed by atoms with van der Waals surface area (Å²) in [7, 11) is 4.22. The van der Waals surface area contributed by atoms with Crippen LogP contribution in [0.5, 0.6) is 0 Å². The van der Waals surface area contributed by atoms with Gasteiger partial charge in [0.2, 0.25) is 11.8 Å². The summed E-state index contributed by atoms with van der Waals surface area (Å²) in [6.07, 6.45) is 8.69. The number of aromatic nitrogens is 3. The maximum absolute atomic E-state index is 13.7. The highest BCUT2D eigenvalue weighted by molar-refractivity contribution is 5.98. The Morgan fingerprint density at radius 3 is 2.25 bits per heavy atom. The Hall–Kier alpha value is -4.81. The summed E-state index contributed by atoms with van der Waals surface area (Å²) in [6.45, 7) is 2.58. The van der Waals surface area contributed by atoms with E-state index < -0.39 is 6.04 Å². The van der Waals surface area contributed by atoms with Gasteiger partial charge in [0.15, 0.2) is 0 Å². The van der Waals surface area contributed by atoms with Crippen LogP contribution in [0.25, 0.3) is 22.2 Å². The number of hydrogen-bond acceptors (Lipinski definition) is 7. The zero-order chi connectivity index (χ0) is 36.8. The molecule has 2 aliphatic carbocycles. The quantitative estimate of drug-likeness (QED) is 0.124. The van der Waals surface area contributed by atoms with Crippen molar-refractivity contribution in [3.05, 3.63) is 82.0 Å². The molecule has 4 aromatic rings. The summed E-state index contributed by atoms with van der Waals surface area (Å²) in [5.41, 5.74) is 11.2. The summed E-state index contributed by atoms with van der Waals surface area (Å²) >= 11 is 0. The number of rotatable bonds is 12. The second-order valence-corrected chi connectivity index (χ2v) is 14.9. The number of fused-ring (bicyclic) bond motifs is 1. The van der Waals surface area contributed by atoms with Gasteiger partial charge in [0.25, 0.3) is 5.91 Å². The van der Waals surface area contributed by atoms with E-state index in [1.54, 1.807) is 24.3 Å². The first kappa shape index (κ1) is 37.0. The monoisotopic (exact) mass is 708 g/mol. The highest BCUT2D eigenvalue weighted by atomic mass is 16.2. The van der Waals surface area contributed by atoms with Crippen molar-refractivity contribution in [1.82, 2.24) is 30.5 Å². The predicted octanol–water partition coefficient (Wildman–Crippen LogP) is 4.65. The van der Waals surface area contributed by atoms with Gasteiger partial charge in [0, 0.05) is 41.9 Å². The first-order chi connectivity index (χ1) is 25.0. The first-order valence-corrected chi connectivity index (χ1v) is 18.6. The van der Waals surface area contributed by atoms with Crippen LogP contribution in [0.15, 0.2) is 59.4 Å². The van der Waals surface area contributed by atoms with Crippen molar-refractivity contribution < 1.29 is 14.4 Å². The Morgan fingerprint density at radius 2 is 1.58 bits per heavy atom. The van der Waals surface area contributed by atoms with Gasteiger partial charge in [-0.1, -0.05) is 30.3 Å². The molecule has 2 fully saturated rings. The van der Waals surface area contributed by atoms with Gasteiger partial charge >= 0.3 is 5.69 Å². The minimum Gasteiger partial charge on any atom is -0.348 e. The minimum absolute atomic E-state index is 0.144. The predicted molar refractivity (Wildman–Crippen MR) is 204 cm³/mol. The molecule has 2 saturated carbocycles. The third-order valence-electron chi connectivity index (χ3n) is 11.0. The Morgan fingerprint density at radius 1 is 0.885 bits per heavy atom. The molecule has 2 aromatic heterocycles. The number of hydrogen-bond donors (Lipinski definition) is 6. The number of anilines is 1. The van der Waals surface area contributed by atoms with Crippen LogP contribution in [0.1, 0.15) is 79.5 Å². The third kappa shape index (κ3) is 9.34. The lowest BCUT2D eigenvalue weighted by molar-refractivity contribution is -0.127. The smallest absolute Gasteiger partial charge is 0.323 e. The second-order valence-electron chi connectivity index (χ2n) is 14.9. The van der Waals surface area contributed by atoms with E-state index in [0.29, 0.717) is 47.3 Å². The van der Waals surface area contributed by atoms with Crippen LogP contribution in [0.2, 0.25) is 0 Å². The molecular weight excluding hydrogens is 656 g/mol. The molecule has 3 amide bonds. The first-order valence-electron chi connectivity index (χ1n) is 18.6. The van der Waals surface area contributed by atoms with Gasteiger partial charge in [-0.25, -0.2) is 9.78 Å². The lowest BCUT2D eigenvalue weighted by atomic mass is 9.80. The van der Waals surface area contributed by atoms with Crippen LogP contribution >= 0.6 is 0 Å². The molecule has 0 saturated heterocycles. The molecule has 0 spiro atoms. The van der Waals surface area contributed by atoms with Gasteiger partial charge in [-0.05, 0) is 126 Å². The fourth-order valence-corrected chi connectivity index (χ4v) is 7.78. The number of carbonyl (C=O) groups is 3. The summed E-state index contributed by atoms with van der Waals surface area (Å²) in [4.78, 5) is 64.1. The molecule has 52 heavy (non-hydrogen) atoms. The van der Waals surface area contributed by atoms with Gasteiger partial charge in [-0.2, -0.15) is 0 Å². The molecule has 0 radical (unpaired) electrons. The number of nitrogens with zero attached hydrogens (tertiary/aromatic N) is 2. The highest BCUT2D eigenvalue weighted by Gasteiger charge is 2.27. The van der Waals surface area contributed by atoms with Gasteiger partial charge in [0.05, 0.1) is 11.0 Å². The average molecular weight is 709 g/mol. The zero-order valence-corrected chi connectivity index (χ0v) is 30.5. The lowest BCUT2D eigenvalue weighted by Crippen LogP contribution is -2.45. The molecule has 2 aromatic carbocycles. The van der Waals surface area contributed by atoms with Crippen molar-refractivity contribution in [2.24, 2.45) is 17.6 Å². The van der Waals surface area contributed by atoms with E-state index >= 15 is 0 Å². The van der Waals surface area contributed by atoms with E-state index in [-0.39, 0.29) is 41.8 Å². The minimum atomic E-state index is -0.821. The van der Waals surface area contributed by atoms with Gasteiger partial charge in [0.1, 0.15) is 11.7 Å². The number of aromatic amines is 2. The van der Waals surface area contributed by atoms with Gasteiger partial charge in [-0.3, -0.25) is 14.4 Å². The molecule has 6 rings (SSSR count). The number of benzene rings is 2. The second kappa shape index (κ2) is 16.7. The molecule has 0 bridgehead atoms. The van der Waals surface area contributed by atoms with Crippen LogP contribution in [-0.4, -0.2) is 76.3 Å². The van der Waals surface area contributed by atoms with Crippen molar-refractivity contribution in [2.75, 3.05) is 26.0 Å². The molecule has 7 N–H and O–H groups in total. The fraction of sp³-hybridized carbons (Fsp3) is 0.475. The third-order valence-corrected chi connectivity index (χ3v) is 11.0. The SMILES string of the molecule is Cc1nc(C(=O)NC2CCC(N(C)C)CC2)ccc1-c1ccc(CC(NC(=O)CC2CCC(CN)CC2)C(=O)Nc2ccc3[nH]c(=O)[nH]c3c2)cc1. The topological polar surface area (TPSA) is 178 Å². The van der Waals surface area contributed by atoms with E-state index in [4.69, 9.17) is 5.73 Å². The molecule has 1 unspecified atom stereocenters. The highest BCUT2D eigenvalue weighted by Crippen LogP contribution is 2.30. The molecule has 1 atom stereocenters. The van der Waals surface area contributed by atoms with Crippen LogP contribution in [0.4, 0.5) is 5.69 Å². The van der Waals surface area contributed by atoms with Crippen LogP contribution in [-0.2, 0) is 16.0 Å². The van der Waals surface area contributed by atoms with Crippen molar-refractivity contribution >= 4 is 34.4 Å². The van der Waals surface area contributed by atoms with Crippen molar-refractivity contribution in [3.63, 3.8) is 0 Å². The number of pyridine rings is 1. The molecule has 12 nitrogen and oxygen atoms in total. The van der Waals surface area contributed by atoms with Gasteiger partial charge in [-0.15, -0.1) is 0 Å². The van der Waals surface area contributed by atoms with E-state index in [1.165, 1.54) is 0 Å². The van der Waals surface area contributed by atoms with E-state index in [0.717, 1.165) is 73.8 Å². The zero-order valence-electron chi connectivity index (χ0n) is 30.5. The number of nitrogens with one attached hydrogen (secondary N) is 5. The Bertz CT molecular complexity index is 1920. The molecule has 2 aliphatic rings.